The highest BCUT2D eigenvalue weighted by Gasteiger charge is 2.31. The normalized spacial score (nSPS) is 13.4. The van der Waals surface area contributed by atoms with Crippen molar-refractivity contribution in [2.45, 2.75) is 58.2 Å². The van der Waals surface area contributed by atoms with E-state index < -0.39 is 17.8 Å². The first-order chi connectivity index (χ1) is 15.7. The molecule has 0 aliphatic heterocycles. The van der Waals surface area contributed by atoms with Crippen molar-refractivity contribution in [3.63, 3.8) is 0 Å². The van der Waals surface area contributed by atoms with E-state index in [1.165, 1.54) is 11.0 Å². The van der Waals surface area contributed by atoms with Crippen molar-refractivity contribution >= 4 is 44.7 Å². The highest BCUT2D eigenvalue weighted by molar-refractivity contribution is 6.39. The first kappa shape index (κ1) is 26.1. The smallest absolute Gasteiger partial charge is 0.388 e. The minimum Gasteiger partial charge on any atom is -0.388 e. The van der Waals surface area contributed by atoms with E-state index in [1.807, 2.05) is 0 Å². The number of aliphatic hydroxyl groups is 1. The Bertz CT molecular complexity index is 1090. The molecule has 180 valence electrons. The summed E-state index contributed by atoms with van der Waals surface area (Å²) in [6, 6.07) is 8.64. The van der Waals surface area contributed by atoms with E-state index in [-0.39, 0.29) is 0 Å². The number of alkyl halides is 3. The van der Waals surface area contributed by atoms with Crippen LogP contribution < -0.4 is 4.90 Å². The molecule has 0 bridgehead atoms. The molecule has 0 heterocycles. The number of hydrogen-bond acceptors (Lipinski definition) is 1. The zero-order chi connectivity index (χ0) is 24.2. The van der Waals surface area contributed by atoms with Gasteiger partial charge in [-0.2, -0.15) is 13.2 Å². The summed E-state index contributed by atoms with van der Waals surface area (Å²) in [5.41, 5.74) is -0.144. The van der Waals surface area contributed by atoms with Crippen LogP contribution >= 0.6 is 23.2 Å². The quantitative estimate of drug-likeness (QED) is 0.282. The lowest BCUT2D eigenvalue weighted by Gasteiger charge is -2.22. The van der Waals surface area contributed by atoms with Crippen LogP contribution in [0.3, 0.4) is 0 Å². The van der Waals surface area contributed by atoms with Crippen LogP contribution in [0.1, 0.15) is 63.2 Å². The van der Waals surface area contributed by atoms with Crippen LogP contribution in [0.2, 0.25) is 10.0 Å². The number of aliphatic hydroxyl groups excluding tert-OH is 1. The van der Waals surface area contributed by atoms with Crippen LogP contribution in [0.25, 0.3) is 21.5 Å². The molecule has 3 aromatic rings. The number of fused-ring (bicyclic) bond motifs is 3. The van der Waals surface area contributed by atoms with Gasteiger partial charge >= 0.3 is 6.18 Å². The Morgan fingerprint density at radius 3 is 2.09 bits per heavy atom. The van der Waals surface area contributed by atoms with Gasteiger partial charge in [0.15, 0.2) is 0 Å². The lowest BCUT2D eigenvalue weighted by atomic mass is 9.92. The summed E-state index contributed by atoms with van der Waals surface area (Å²) in [5, 5.41) is 14.0. The van der Waals surface area contributed by atoms with Crippen LogP contribution in [0, 0.1) is 0 Å². The topological polar surface area (TPSA) is 24.7 Å². The Labute approximate surface area is 203 Å². The Morgan fingerprint density at radius 1 is 0.848 bits per heavy atom. The Kier molecular flexibility index (Phi) is 8.90. The average molecular weight is 501 g/mol. The van der Waals surface area contributed by atoms with E-state index in [0.29, 0.717) is 43.6 Å². The van der Waals surface area contributed by atoms with Crippen LogP contribution in [0.5, 0.6) is 0 Å². The molecule has 0 saturated heterocycles. The summed E-state index contributed by atoms with van der Waals surface area (Å²) in [6.07, 6.45) is -0.254. The fourth-order valence-corrected chi connectivity index (χ4v) is 4.93. The molecule has 7 heteroatoms. The number of nitrogens with one attached hydrogen (secondary N) is 1. The largest absolute Gasteiger partial charge is 0.416 e. The van der Waals surface area contributed by atoms with Gasteiger partial charge in [0.05, 0.1) is 31.3 Å². The third kappa shape index (κ3) is 6.33. The minimum absolute atomic E-state index is 0.350. The van der Waals surface area contributed by atoms with Gasteiger partial charge in [0, 0.05) is 21.9 Å². The summed E-state index contributed by atoms with van der Waals surface area (Å²) < 4.78 is 40.3. The van der Waals surface area contributed by atoms with Crippen molar-refractivity contribution in [3.05, 3.63) is 57.6 Å². The summed E-state index contributed by atoms with van der Waals surface area (Å²) in [7, 11) is 0. The molecule has 0 aromatic heterocycles. The molecule has 3 rings (SSSR count). The van der Waals surface area contributed by atoms with Crippen molar-refractivity contribution in [1.82, 2.24) is 0 Å². The predicted molar refractivity (Wildman–Crippen MR) is 131 cm³/mol. The minimum atomic E-state index is -4.47. The Morgan fingerprint density at radius 2 is 1.48 bits per heavy atom. The summed E-state index contributed by atoms with van der Waals surface area (Å²) in [5.74, 6) is 0. The summed E-state index contributed by atoms with van der Waals surface area (Å²) >= 11 is 12.6. The first-order valence-corrected chi connectivity index (χ1v) is 12.4. The third-order valence-electron chi connectivity index (χ3n) is 6.24. The van der Waals surface area contributed by atoms with Gasteiger partial charge in [-0.3, -0.25) is 0 Å². The fraction of sp³-hybridized carbons (Fsp3) is 0.462. The highest BCUT2D eigenvalue weighted by atomic mass is 35.5. The van der Waals surface area contributed by atoms with Gasteiger partial charge in [-0.1, -0.05) is 56.0 Å². The second-order valence-electron chi connectivity index (χ2n) is 8.72. The van der Waals surface area contributed by atoms with E-state index in [9.17, 15) is 18.3 Å². The zero-order valence-electron chi connectivity index (χ0n) is 19.0. The van der Waals surface area contributed by atoms with Crippen LogP contribution in [-0.4, -0.2) is 24.7 Å². The standard InChI is InChI=1S/C26H30Cl2F3NO/c1-3-5-10-32(11-6-4-2)12-9-25(33)23-16-22-21(14-18(27)15-24(22)28)20-13-17(26(29,30)31)7-8-19(20)23/h7-8,13-16,25,33H,3-6,9-12H2,1-2H3/p+1. The van der Waals surface area contributed by atoms with Gasteiger partial charge in [-0.05, 0) is 64.9 Å². The molecule has 0 aliphatic rings. The van der Waals surface area contributed by atoms with Gasteiger partial charge in [-0.25, -0.2) is 0 Å². The molecule has 0 fully saturated rings. The monoisotopic (exact) mass is 500 g/mol. The molecule has 1 unspecified atom stereocenters. The Balaban J connectivity index is 2.03. The molecule has 2 nitrogen and oxygen atoms in total. The van der Waals surface area contributed by atoms with Gasteiger partial charge in [0.1, 0.15) is 0 Å². The number of benzene rings is 3. The van der Waals surface area contributed by atoms with Gasteiger partial charge in [0.25, 0.3) is 0 Å². The SMILES string of the molecule is CCCC[NH+](CCCC)CCC(O)c1cc2c(Cl)cc(Cl)cc2c2cc(C(F)(F)F)ccc12. The molecular weight excluding hydrogens is 470 g/mol. The van der Waals surface area contributed by atoms with Crippen molar-refractivity contribution in [2.75, 3.05) is 19.6 Å². The van der Waals surface area contributed by atoms with Crippen molar-refractivity contribution < 1.29 is 23.2 Å². The molecule has 0 saturated carbocycles. The molecular formula is C26H31Cl2F3NO+. The summed E-state index contributed by atoms with van der Waals surface area (Å²) in [4.78, 5) is 1.45. The molecule has 1 atom stereocenters. The first-order valence-electron chi connectivity index (χ1n) is 11.6. The molecule has 33 heavy (non-hydrogen) atoms. The van der Waals surface area contributed by atoms with Crippen molar-refractivity contribution in [3.8, 4) is 0 Å². The van der Waals surface area contributed by atoms with Crippen molar-refractivity contribution in [1.29, 1.82) is 0 Å². The number of quaternary nitrogens is 1. The average Bonchev–Trinajstić information content (AvgIpc) is 2.77. The van der Waals surface area contributed by atoms with E-state index in [2.05, 4.69) is 13.8 Å². The number of halogens is 5. The predicted octanol–water partition coefficient (Wildman–Crippen LogP) is 7.23. The molecule has 0 aliphatic carbocycles. The van der Waals surface area contributed by atoms with Gasteiger partial charge < -0.3 is 10.0 Å². The number of rotatable bonds is 10. The molecule has 0 amide bonds. The van der Waals surface area contributed by atoms with Crippen molar-refractivity contribution in [2.24, 2.45) is 0 Å². The zero-order valence-corrected chi connectivity index (χ0v) is 20.5. The van der Waals surface area contributed by atoms with E-state index >= 15 is 0 Å². The van der Waals surface area contributed by atoms with Crippen LogP contribution in [0.15, 0.2) is 36.4 Å². The van der Waals surface area contributed by atoms with Crippen LogP contribution in [-0.2, 0) is 6.18 Å². The molecule has 3 aromatic carbocycles. The molecule has 2 N–H and O–H groups in total. The lowest BCUT2D eigenvalue weighted by Crippen LogP contribution is -3.12. The third-order valence-corrected chi connectivity index (χ3v) is 6.77. The molecule has 0 radical (unpaired) electrons. The van der Waals surface area contributed by atoms with Crippen LogP contribution in [0.4, 0.5) is 13.2 Å². The maximum atomic E-state index is 13.4. The second-order valence-corrected chi connectivity index (χ2v) is 9.56. The lowest BCUT2D eigenvalue weighted by molar-refractivity contribution is -0.901. The van der Waals surface area contributed by atoms with E-state index in [1.54, 1.807) is 18.2 Å². The number of hydrogen-bond donors (Lipinski definition) is 2. The Hall–Kier alpha value is -1.53. The maximum Gasteiger partial charge on any atom is 0.416 e. The van der Waals surface area contributed by atoms with E-state index in [4.69, 9.17) is 23.2 Å². The van der Waals surface area contributed by atoms with E-state index in [0.717, 1.165) is 57.5 Å². The number of unbranched alkanes of at least 4 members (excludes halogenated alkanes) is 2. The summed E-state index contributed by atoms with van der Waals surface area (Å²) in [6.45, 7) is 7.25. The maximum absolute atomic E-state index is 13.4. The molecule has 0 spiro atoms. The second kappa shape index (κ2) is 11.3. The highest BCUT2D eigenvalue weighted by Crippen LogP contribution is 2.40. The fourth-order valence-electron chi connectivity index (χ4n) is 4.38. The van der Waals surface area contributed by atoms with Gasteiger partial charge in [0.2, 0.25) is 0 Å². The van der Waals surface area contributed by atoms with Gasteiger partial charge in [-0.15, -0.1) is 0 Å².